The van der Waals surface area contributed by atoms with Gasteiger partial charge in [0, 0.05) is 58.4 Å². The molecule has 3 aromatic rings. The van der Waals surface area contributed by atoms with Gasteiger partial charge in [0.25, 0.3) is 0 Å². The Labute approximate surface area is 189 Å². The van der Waals surface area contributed by atoms with E-state index in [0.29, 0.717) is 32.7 Å². The monoisotopic (exact) mass is 474 g/mol. The maximum absolute atomic E-state index is 13.1. The Morgan fingerprint density at radius 2 is 1.47 bits per heavy atom. The van der Waals surface area contributed by atoms with Crippen molar-refractivity contribution in [1.29, 1.82) is 0 Å². The maximum Gasteiger partial charge on any atom is 0.243 e. The van der Waals surface area contributed by atoms with Crippen LogP contribution in [0.4, 0.5) is 0 Å². The summed E-state index contributed by atoms with van der Waals surface area (Å²) in [7, 11) is -4.42. The Morgan fingerprint density at radius 1 is 0.844 bits per heavy atom. The Kier molecular flexibility index (Phi) is 6.33. The molecule has 2 heterocycles. The number of aromatic nitrogens is 1. The summed E-state index contributed by atoms with van der Waals surface area (Å²) < 4.78 is 53.1. The van der Waals surface area contributed by atoms with Crippen LogP contribution < -0.4 is 0 Å². The predicted molar refractivity (Wildman–Crippen MR) is 123 cm³/mol. The van der Waals surface area contributed by atoms with Crippen LogP contribution in [0.5, 0.6) is 0 Å². The molecule has 10 heteroatoms. The number of hydrogen-bond donors (Lipinski definition) is 0. The lowest BCUT2D eigenvalue weighted by molar-refractivity contribution is 0.182. The second-order valence-electron chi connectivity index (χ2n) is 7.93. The fourth-order valence-electron chi connectivity index (χ4n) is 3.81. The first kappa shape index (κ1) is 22.8. The highest BCUT2D eigenvalue weighted by molar-refractivity contribution is 7.89. The van der Waals surface area contributed by atoms with Gasteiger partial charge in [-0.2, -0.15) is 4.31 Å². The number of para-hydroxylation sites is 1. The van der Waals surface area contributed by atoms with Gasteiger partial charge in [0.15, 0.2) is 0 Å². The van der Waals surface area contributed by atoms with Crippen LogP contribution in [0.15, 0.2) is 70.6 Å². The van der Waals surface area contributed by atoms with Gasteiger partial charge in [-0.15, -0.1) is 0 Å². The average molecular weight is 475 g/mol. The molecule has 1 fully saturated rings. The van der Waals surface area contributed by atoms with Crippen LogP contribution in [0.1, 0.15) is 5.56 Å². The van der Waals surface area contributed by atoms with E-state index in [1.807, 2.05) is 24.3 Å². The van der Waals surface area contributed by atoms with Gasteiger partial charge >= 0.3 is 0 Å². The molecule has 0 unspecified atom stereocenters. The van der Waals surface area contributed by atoms with Gasteiger partial charge in [-0.25, -0.2) is 21.1 Å². The van der Waals surface area contributed by atoms with E-state index in [9.17, 15) is 16.8 Å². The standard InChI is InChI=1S/C22H26N4O4S2/c1-24(2)31(27,28)20-8-10-21(11-9-20)32(29,30)26-15-13-25(14-16-26)17-19-6-3-5-18-7-4-12-23-22(18)19/h3-12H,13-17H2,1-2H3. The molecule has 1 aliphatic heterocycles. The van der Waals surface area contributed by atoms with Crippen molar-refractivity contribution in [3.8, 4) is 0 Å². The minimum atomic E-state index is -3.69. The SMILES string of the molecule is CN(C)S(=O)(=O)c1ccc(S(=O)(=O)N2CCN(Cc3cccc4cccnc34)CC2)cc1. The zero-order valence-corrected chi connectivity index (χ0v) is 19.7. The highest BCUT2D eigenvalue weighted by Gasteiger charge is 2.29. The lowest BCUT2D eigenvalue weighted by atomic mass is 10.1. The van der Waals surface area contributed by atoms with Gasteiger partial charge in [-0.05, 0) is 35.9 Å². The molecule has 32 heavy (non-hydrogen) atoms. The molecule has 8 nitrogen and oxygen atoms in total. The van der Waals surface area contributed by atoms with E-state index < -0.39 is 20.0 Å². The van der Waals surface area contributed by atoms with E-state index >= 15 is 0 Å². The molecule has 1 aromatic heterocycles. The van der Waals surface area contributed by atoms with Crippen LogP contribution in [0, 0.1) is 0 Å². The maximum atomic E-state index is 13.1. The van der Waals surface area contributed by atoms with E-state index in [4.69, 9.17) is 0 Å². The number of sulfonamides is 2. The highest BCUT2D eigenvalue weighted by Crippen LogP contribution is 2.23. The second-order valence-corrected chi connectivity index (χ2v) is 12.0. The molecule has 0 radical (unpaired) electrons. The molecule has 0 atom stereocenters. The van der Waals surface area contributed by atoms with E-state index in [-0.39, 0.29) is 9.79 Å². The lowest BCUT2D eigenvalue weighted by Gasteiger charge is -2.34. The quantitative estimate of drug-likeness (QED) is 0.543. The minimum Gasteiger partial charge on any atom is -0.296 e. The largest absolute Gasteiger partial charge is 0.296 e. The topological polar surface area (TPSA) is 90.9 Å². The molecule has 0 amide bonds. The van der Waals surface area contributed by atoms with Crippen LogP contribution in [0.2, 0.25) is 0 Å². The molecule has 0 aliphatic carbocycles. The molecule has 0 saturated carbocycles. The lowest BCUT2D eigenvalue weighted by Crippen LogP contribution is -2.48. The van der Waals surface area contributed by atoms with Gasteiger partial charge in [0.05, 0.1) is 15.3 Å². The molecule has 0 bridgehead atoms. The van der Waals surface area contributed by atoms with Crippen LogP contribution in [-0.2, 0) is 26.6 Å². The molecule has 0 N–H and O–H groups in total. The smallest absolute Gasteiger partial charge is 0.243 e. The average Bonchev–Trinajstić information content (AvgIpc) is 2.80. The van der Waals surface area contributed by atoms with Crippen molar-refractivity contribution in [1.82, 2.24) is 18.5 Å². The van der Waals surface area contributed by atoms with Gasteiger partial charge in [0.1, 0.15) is 0 Å². The van der Waals surface area contributed by atoms with Crippen molar-refractivity contribution in [2.45, 2.75) is 16.3 Å². The first-order chi connectivity index (χ1) is 15.2. The van der Waals surface area contributed by atoms with Crippen molar-refractivity contribution >= 4 is 30.9 Å². The van der Waals surface area contributed by atoms with Crippen molar-refractivity contribution in [3.63, 3.8) is 0 Å². The summed E-state index contributed by atoms with van der Waals surface area (Å²) in [6.07, 6.45) is 1.78. The number of nitrogens with zero attached hydrogens (tertiary/aromatic N) is 4. The van der Waals surface area contributed by atoms with Crippen molar-refractivity contribution < 1.29 is 16.8 Å². The number of rotatable bonds is 6. The third kappa shape index (κ3) is 4.41. The molecular formula is C22H26N4O4S2. The molecular weight excluding hydrogens is 448 g/mol. The molecule has 0 spiro atoms. The third-order valence-corrected chi connectivity index (χ3v) is 9.42. The Balaban J connectivity index is 1.44. The van der Waals surface area contributed by atoms with Crippen LogP contribution in [-0.4, -0.2) is 75.6 Å². The zero-order chi connectivity index (χ0) is 22.9. The fraction of sp³-hybridized carbons (Fsp3) is 0.318. The number of fused-ring (bicyclic) bond motifs is 1. The molecule has 1 aliphatic rings. The Bertz CT molecular complexity index is 1310. The second kappa shape index (κ2) is 8.87. The van der Waals surface area contributed by atoms with Crippen LogP contribution in [0.3, 0.4) is 0 Å². The predicted octanol–water partition coefficient (Wildman–Crippen LogP) is 1.99. The van der Waals surface area contributed by atoms with Crippen molar-refractivity contribution in [2.75, 3.05) is 40.3 Å². The van der Waals surface area contributed by atoms with E-state index in [2.05, 4.69) is 16.0 Å². The number of hydrogen-bond acceptors (Lipinski definition) is 6. The minimum absolute atomic E-state index is 0.0648. The summed E-state index contributed by atoms with van der Waals surface area (Å²) in [5.41, 5.74) is 2.09. The first-order valence-electron chi connectivity index (χ1n) is 10.3. The van der Waals surface area contributed by atoms with Crippen molar-refractivity contribution in [3.05, 3.63) is 66.4 Å². The molecule has 1 saturated heterocycles. The normalized spacial score (nSPS) is 16.6. The number of benzene rings is 2. The Hall–Kier alpha value is -2.37. The summed E-state index contributed by atoms with van der Waals surface area (Å²) in [6.45, 7) is 2.67. The summed E-state index contributed by atoms with van der Waals surface area (Å²) in [5, 5.41) is 1.09. The first-order valence-corrected chi connectivity index (χ1v) is 13.2. The molecule has 2 aromatic carbocycles. The van der Waals surface area contributed by atoms with Crippen molar-refractivity contribution in [2.24, 2.45) is 0 Å². The highest BCUT2D eigenvalue weighted by atomic mass is 32.2. The molecule has 4 rings (SSSR count). The zero-order valence-electron chi connectivity index (χ0n) is 18.0. The van der Waals surface area contributed by atoms with Gasteiger partial charge in [-0.3, -0.25) is 9.88 Å². The van der Waals surface area contributed by atoms with Gasteiger partial charge < -0.3 is 0 Å². The summed E-state index contributed by atoms with van der Waals surface area (Å²) in [4.78, 5) is 6.89. The van der Waals surface area contributed by atoms with E-state index in [1.54, 1.807) is 6.20 Å². The summed E-state index contributed by atoms with van der Waals surface area (Å²) in [5.74, 6) is 0. The number of pyridine rings is 1. The fourth-order valence-corrected chi connectivity index (χ4v) is 6.13. The summed E-state index contributed by atoms with van der Waals surface area (Å²) in [6, 6.07) is 15.5. The summed E-state index contributed by atoms with van der Waals surface area (Å²) >= 11 is 0. The third-order valence-electron chi connectivity index (χ3n) is 5.68. The number of piperazine rings is 1. The van der Waals surface area contributed by atoms with Gasteiger partial charge in [0.2, 0.25) is 20.0 Å². The van der Waals surface area contributed by atoms with Crippen LogP contribution in [0.25, 0.3) is 10.9 Å². The van der Waals surface area contributed by atoms with Gasteiger partial charge in [-0.1, -0.05) is 24.3 Å². The van der Waals surface area contributed by atoms with Crippen LogP contribution >= 0.6 is 0 Å². The Morgan fingerprint density at radius 3 is 2.12 bits per heavy atom. The van der Waals surface area contributed by atoms with E-state index in [0.717, 1.165) is 20.8 Å². The van der Waals surface area contributed by atoms with E-state index in [1.165, 1.54) is 42.7 Å². The molecule has 170 valence electrons.